The van der Waals surface area contributed by atoms with Gasteiger partial charge in [0.1, 0.15) is 10.8 Å². The predicted molar refractivity (Wildman–Crippen MR) is 72.9 cm³/mol. The fraction of sp³-hybridized carbons (Fsp3) is 0.714. The van der Waals surface area contributed by atoms with Crippen molar-refractivity contribution in [2.75, 3.05) is 7.11 Å². The van der Waals surface area contributed by atoms with Crippen LogP contribution < -0.4 is 0 Å². The first-order valence-electron chi connectivity index (χ1n) is 6.48. The first-order chi connectivity index (χ1) is 8.37. The highest BCUT2D eigenvalue weighted by atomic mass is 35.5. The molecule has 100 valence electrons. The molecule has 1 aliphatic carbocycles. The van der Waals surface area contributed by atoms with Crippen molar-refractivity contribution in [1.82, 2.24) is 9.97 Å². The Morgan fingerprint density at radius 1 is 1.22 bits per heavy atom. The van der Waals surface area contributed by atoms with E-state index in [-0.39, 0.29) is 11.0 Å². The number of aromatic nitrogens is 2. The summed E-state index contributed by atoms with van der Waals surface area (Å²) in [7, 11) is 1.74. The van der Waals surface area contributed by atoms with Crippen LogP contribution in [0.1, 0.15) is 58.0 Å². The Labute approximate surface area is 114 Å². The van der Waals surface area contributed by atoms with Crippen molar-refractivity contribution in [3.05, 3.63) is 22.7 Å². The van der Waals surface area contributed by atoms with E-state index >= 15 is 0 Å². The minimum absolute atomic E-state index is 0.0329. The summed E-state index contributed by atoms with van der Waals surface area (Å²) >= 11 is 6.15. The first-order valence-corrected chi connectivity index (χ1v) is 6.86. The van der Waals surface area contributed by atoms with E-state index in [1.165, 1.54) is 0 Å². The number of hydrogen-bond donors (Lipinski definition) is 0. The Morgan fingerprint density at radius 3 is 2.33 bits per heavy atom. The smallest absolute Gasteiger partial charge is 0.162 e. The van der Waals surface area contributed by atoms with Crippen molar-refractivity contribution in [2.45, 2.75) is 57.5 Å². The highest BCUT2D eigenvalue weighted by Gasteiger charge is 2.39. The molecule has 0 radical (unpaired) electrons. The molecule has 1 aromatic heterocycles. The topological polar surface area (TPSA) is 35.0 Å². The summed E-state index contributed by atoms with van der Waals surface area (Å²) < 4.78 is 5.72. The van der Waals surface area contributed by atoms with E-state index in [2.05, 4.69) is 25.8 Å². The molecule has 0 aromatic carbocycles. The Balaban J connectivity index is 2.48. The Morgan fingerprint density at radius 2 is 1.83 bits per heavy atom. The van der Waals surface area contributed by atoms with E-state index < -0.39 is 0 Å². The lowest BCUT2D eigenvalue weighted by molar-refractivity contribution is -0.0165. The van der Waals surface area contributed by atoms with E-state index in [4.69, 9.17) is 21.3 Å². The minimum atomic E-state index is -0.328. The normalized spacial score (nSPS) is 19.2. The molecule has 1 aromatic rings. The summed E-state index contributed by atoms with van der Waals surface area (Å²) in [6, 6.07) is 1.85. The monoisotopic (exact) mass is 268 g/mol. The minimum Gasteiger partial charge on any atom is -0.370 e. The van der Waals surface area contributed by atoms with Crippen LogP contribution in [0.15, 0.2) is 6.07 Å². The summed E-state index contributed by atoms with van der Waals surface area (Å²) in [5.41, 5.74) is 0.612. The van der Waals surface area contributed by atoms with Crippen molar-refractivity contribution >= 4 is 11.6 Å². The van der Waals surface area contributed by atoms with Crippen LogP contribution in [0.5, 0.6) is 0 Å². The summed E-state index contributed by atoms with van der Waals surface area (Å²) in [5, 5.41) is 0.508. The largest absolute Gasteiger partial charge is 0.370 e. The Hall–Kier alpha value is -0.670. The van der Waals surface area contributed by atoms with Crippen LogP contribution >= 0.6 is 11.6 Å². The van der Waals surface area contributed by atoms with Gasteiger partial charge in [-0.2, -0.15) is 0 Å². The van der Waals surface area contributed by atoms with Crippen LogP contribution in [0.2, 0.25) is 5.15 Å². The Bertz CT molecular complexity index is 434. The van der Waals surface area contributed by atoms with Crippen LogP contribution in [0.3, 0.4) is 0 Å². The maximum atomic E-state index is 6.15. The molecule has 0 N–H and O–H groups in total. The van der Waals surface area contributed by atoms with Gasteiger partial charge in [0.15, 0.2) is 5.82 Å². The number of methoxy groups -OCH3 is 1. The molecule has 18 heavy (non-hydrogen) atoms. The van der Waals surface area contributed by atoms with Gasteiger partial charge in [-0.25, -0.2) is 9.97 Å². The van der Waals surface area contributed by atoms with Crippen molar-refractivity contribution in [1.29, 1.82) is 0 Å². The fourth-order valence-corrected chi connectivity index (χ4v) is 2.65. The molecule has 0 aliphatic heterocycles. The zero-order chi connectivity index (χ0) is 13.4. The van der Waals surface area contributed by atoms with E-state index in [1.54, 1.807) is 7.11 Å². The second-order valence-electron chi connectivity index (χ2n) is 6.06. The summed E-state index contributed by atoms with van der Waals surface area (Å²) in [6.07, 6.45) is 4.28. The third-order valence-electron chi connectivity index (χ3n) is 3.67. The van der Waals surface area contributed by atoms with Gasteiger partial charge in [-0.1, -0.05) is 32.4 Å². The number of halogens is 1. The summed E-state index contributed by atoms with van der Waals surface area (Å²) in [4.78, 5) is 9.11. The van der Waals surface area contributed by atoms with Gasteiger partial charge in [-0.3, -0.25) is 0 Å². The zero-order valence-electron chi connectivity index (χ0n) is 11.6. The average Bonchev–Trinajstić information content (AvgIpc) is 2.76. The molecule has 0 unspecified atom stereocenters. The highest BCUT2D eigenvalue weighted by Crippen LogP contribution is 2.40. The molecule has 2 rings (SSSR count). The van der Waals surface area contributed by atoms with Crippen molar-refractivity contribution in [3.8, 4) is 0 Å². The Kier molecular flexibility index (Phi) is 3.65. The molecule has 1 heterocycles. The van der Waals surface area contributed by atoms with Gasteiger partial charge in [0.05, 0.1) is 5.69 Å². The van der Waals surface area contributed by atoms with Gasteiger partial charge in [-0.05, 0) is 31.7 Å². The second kappa shape index (κ2) is 4.78. The quantitative estimate of drug-likeness (QED) is 0.765. The highest BCUT2D eigenvalue weighted by molar-refractivity contribution is 6.29. The zero-order valence-corrected chi connectivity index (χ0v) is 12.3. The third kappa shape index (κ3) is 2.52. The predicted octanol–water partition coefficient (Wildman–Crippen LogP) is 3.84. The number of hydrogen-bond acceptors (Lipinski definition) is 3. The van der Waals surface area contributed by atoms with Gasteiger partial charge in [-0.15, -0.1) is 0 Å². The molecule has 1 fully saturated rings. The van der Waals surface area contributed by atoms with Crippen LogP contribution in [0, 0.1) is 0 Å². The van der Waals surface area contributed by atoms with E-state index in [1.807, 2.05) is 6.07 Å². The molecule has 0 atom stereocenters. The first kappa shape index (κ1) is 13.8. The third-order valence-corrected chi connectivity index (χ3v) is 3.87. The average molecular weight is 269 g/mol. The van der Waals surface area contributed by atoms with Gasteiger partial charge in [0.2, 0.25) is 0 Å². The molecule has 4 heteroatoms. The molecule has 1 saturated carbocycles. The van der Waals surface area contributed by atoms with E-state index in [9.17, 15) is 0 Å². The molecule has 0 spiro atoms. The van der Waals surface area contributed by atoms with Gasteiger partial charge < -0.3 is 4.74 Å². The SMILES string of the molecule is COC1(c2nc(Cl)cc(C(C)(C)C)n2)CCCC1. The number of ether oxygens (including phenoxy) is 1. The molecule has 0 amide bonds. The van der Waals surface area contributed by atoms with Crippen LogP contribution in [-0.4, -0.2) is 17.1 Å². The van der Waals surface area contributed by atoms with Crippen molar-refractivity contribution in [2.24, 2.45) is 0 Å². The van der Waals surface area contributed by atoms with Crippen LogP contribution in [-0.2, 0) is 15.8 Å². The summed E-state index contributed by atoms with van der Waals surface area (Å²) in [6.45, 7) is 6.39. The lowest BCUT2D eigenvalue weighted by Crippen LogP contribution is -2.29. The molecule has 3 nitrogen and oxygen atoms in total. The lowest BCUT2D eigenvalue weighted by atomic mass is 9.91. The number of rotatable bonds is 2. The van der Waals surface area contributed by atoms with Gasteiger partial charge in [0, 0.05) is 12.5 Å². The standard InChI is InChI=1S/C14H21ClN2O/c1-13(2,3)10-9-11(15)17-12(16-10)14(18-4)7-5-6-8-14/h9H,5-8H2,1-4H3. The molecular formula is C14H21ClN2O. The fourth-order valence-electron chi connectivity index (χ4n) is 2.47. The summed E-state index contributed by atoms with van der Waals surface area (Å²) in [5.74, 6) is 0.750. The van der Waals surface area contributed by atoms with Gasteiger partial charge in [0.25, 0.3) is 0 Å². The number of nitrogens with zero attached hydrogens (tertiary/aromatic N) is 2. The second-order valence-corrected chi connectivity index (χ2v) is 6.44. The lowest BCUT2D eigenvalue weighted by Gasteiger charge is -2.27. The molecule has 0 saturated heterocycles. The van der Waals surface area contributed by atoms with E-state index in [0.717, 1.165) is 37.2 Å². The maximum absolute atomic E-state index is 6.15. The molecule has 1 aliphatic rings. The molecule has 0 bridgehead atoms. The van der Waals surface area contributed by atoms with Gasteiger partial charge >= 0.3 is 0 Å². The van der Waals surface area contributed by atoms with Crippen LogP contribution in [0.4, 0.5) is 0 Å². The van der Waals surface area contributed by atoms with E-state index in [0.29, 0.717) is 5.15 Å². The van der Waals surface area contributed by atoms with Crippen molar-refractivity contribution in [3.63, 3.8) is 0 Å². The van der Waals surface area contributed by atoms with Crippen molar-refractivity contribution < 1.29 is 4.74 Å². The maximum Gasteiger partial charge on any atom is 0.162 e. The molecular weight excluding hydrogens is 248 g/mol. The van der Waals surface area contributed by atoms with Crippen LogP contribution in [0.25, 0.3) is 0 Å².